The van der Waals surface area contributed by atoms with Gasteiger partial charge in [0.15, 0.2) is 5.78 Å². The lowest BCUT2D eigenvalue weighted by molar-refractivity contribution is 0.0988. The van der Waals surface area contributed by atoms with E-state index in [0.717, 1.165) is 16.9 Å². The summed E-state index contributed by atoms with van der Waals surface area (Å²) >= 11 is 0. The zero-order chi connectivity index (χ0) is 13.8. The quantitative estimate of drug-likeness (QED) is 0.755. The largest absolute Gasteiger partial charge is 0.345 e. The van der Waals surface area contributed by atoms with E-state index in [0.29, 0.717) is 6.42 Å². The normalized spacial score (nSPS) is 10.3. The van der Waals surface area contributed by atoms with Crippen LogP contribution in [0.15, 0.2) is 48.5 Å². The lowest BCUT2D eigenvalue weighted by Crippen LogP contribution is -2.09. The van der Waals surface area contributed by atoms with Crippen LogP contribution in [-0.2, 0) is 0 Å². The first-order valence-corrected chi connectivity index (χ1v) is 6.55. The van der Waals surface area contributed by atoms with Gasteiger partial charge in [-0.3, -0.25) is 4.79 Å². The van der Waals surface area contributed by atoms with Gasteiger partial charge in [-0.1, -0.05) is 24.6 Å². The summed E-state index contributed by atoms with van der Waals surface area (Å²) in [5.74, 6) is 0.185. The van der Waals surface area contributed by atoms with E-state index in [4.69, 9.17) is 0 Å². The Bertz CT molecular complexity index is 555. The first kappa shape index (κ1) is 13.3. The molecule has 0 saturated heterocycles. The molecule has 0 aromatic heterocycles. The maximum atomic E-state index is 11.6. The molecule has 0 amide bonds. The fourth-order valence-electron chi connectivity index (χ4n) is 1.99. The number of carbonyl (C=O) groups excluding carboxylic acids is 1. The molecule has 0 aliphatic heterocycles. The van der Waals surface area contributed by atoms with E-state index in [1.807, 2.05) is 38.2 Å². The van der Waals surface area contributed by atoms with Crippen molar-refractivity contribution in [1.29, 1.82) is 0 Å². The average Bonchev–Trinajstić information content (AvgIpc) is 2.46. The van der Waals surface area contributed by atoms with E-state index in [1.165, 1.54) is 5.56 Å². The minimum absolute atomic E-state index is 0.185. The monoisotopic (exact) mass is 253 g/mol. The van der Waals surface area contributed by atoms with Crippen LogP contribution in [-0.4, -0.2) is 12.8 Å². The van der Waals surface area contributed by atoms with Crippen molar-refractivity contribution in [2.75, 3.05) is 11.9 Å². The molecule has 2 aromatic carbocycles. The number of nitrogens with zero attached hydrogens (tertiary/aromatic N) is 1. The highest BCUT2D eigenvalue weighted by molar-refractivity contribution is 5.96. The predicted molar refractivity (Wildman–Crippen MR) is 80.3 cm³/mol. The van der Waals surface area contributed by atoms with Crippen LogP contribution in [0.5, 0.6) is 0 Å². The van der Waals surface area contributed by atoms with Crippen molar-refractivity contribution >= 4 is 17.2 Å². The molecule has 0 N–H and O–H groups in total. The molecule has 2 aromatic rings. The maximum Gasteiger partial charge on any atom is 0.162 e. The van der Waals surface area contributed by atoms with Crippen molar-refractivity contribution in [1.82, 2.24) is 0 Å². The third-order valence-corrected chi connectivity index (χ3v) is 3.32. The first-order chi connectivity index (χ1) is 9.11. The second kappa shape index (κ2) is 5.70. The summed E-state index contributed by atoms with van der Waals surface area (Å²) in [7, 11) is 2.03. The van der Waals surface area contributed by atoms with Gasteiger partial charge in [-0.05, 0) is 43.3 Å². The summed E-state index contributed by atoms with van der Waals surface area (Å²) in [4.78, 5) is 13.7. The third-order valence-electron chi connectivity index (χ3n) is 3.32. The fourth-order valence-corrected chi connectivity index (χ4v) is 1.99. The Morgan fingerprint density at radius 1 is 0.947 bits per heavy atom. The first-order valence-electron chi connectivity index (χ1n) is 6.55. The Labute approximate surface area is 114 Å². The van der Waals surface area contributed by atoms with E-state index in [1.54, 1.807) is 0 Å². The molecule has 19 heavy (non-hydrogen) atoms. The van der Waals surface area contributed by atoms with Crippen LogP contribution in [0.25, 0.3) is 0 Å². The molecule has 98 valence electrons. The standard InChI is InChI=1S/C17H19NO/c1-4-17(19)14-7-11-16(12-8-14)18(3)15-9-5-13(2)6-10-15/h5-12H,4H2,1-3H3. The number of aryl methyl sites for hydroxylation is 1. The van der Waals surface area contributed by atoms with Crippen LogP contribution >= 0.6 is 0 Å². The van der Waals surface area contributed by atoms with Gasteiger partial charge in [0, 0.05) is 30.4 Å². The Hall–Kier alpha value is -2.09. The van der Waals surface area contributed by atoms with E-state index in [9.17, 15) is 4.79 Å². The van der Waals surface area contributed by atoms with E-state index >= 15 is 0 Å². The number of benzene rings is 2. The molecular weight excluding hydrogens is 234 g/mol. The van der Waals surface area contributed by atoms with Gasteiger partial charge < -0.3 is 4.90 Å². The Balaban J connectivity index is 2.22. The van der Waals surface area contributed by atoms with Crippen LogP contribution in [0.2, 0.25) is 0 Å². The number of anilines is 2. The van der Waals surface area contributed by atoms with Crippen molar-refractivity contribution in [3.05, 3.63) is 59.7 Å². The van der Waals surface area contributed by atoms with Gasteiger partial charge in [0.25, 0.3) is 0 Å². The molecule has 0 unspecified atom stereocenters. The van der Waals surface area contributed by atoms with E-state index in [2.05, 4.69) is 36.1 Å². The minimum Gasteiger partial charge on any atom is -0.345 e. The second-order valence-corrected chi connectivity index (χ2v) is 4.72. The molecule has 0 aliphatic carbocycles. The van der Waals surface area contributed by atoms with Crippen molar-refractivity contribution < 1.29 is 4.79 Å². The van der Waals surface area contributed by atoms with Crippen molar-refractivity contribution in [2.45, 2.75) is 20.3 Å². The number of hydrogen-bond acceptors (Lipinski definition) is 2. The van der Waals surface area contributed by atoms with Gasteiger partial charge in [-0.15, -0.1) is 0 Å². The highest BCUT2D eigenvalue weighted by atomic mass is 16.1. The Kier molecular flexibility index (Phi) is 4.00. The third kappa shape index (κ3) is 3.02. The maximum absolute atomic E-state index is 11.6. The minimum atomic E-state index is 0.185. The van der Waals surface area contributed by atoms with E-state index in [-0.39, 0.29) is 5.78 Å². The van der Waals surface area contributed by atoms with Gasteiger partial charge in [-0.2, -0.15) is 0 Å². The molecular formula is C17H19NO. The molecule has 2 rings (SSSR count). The van der Waals surface area contributed by atoms with Crippen LogP contribution < -0.4 is 4.90 Å². The molecule has 0 atom stereocenters. The van der Waals surface area contributed by atoms with Crippen LogP contribution in [0.4, 0.5) is 11.4 Å². The van der Waals surface area contributed by atoms with Gasteiger partial charge in [0.05, 0.1) is 0 Å². The van der Waals surface area contributed by atoms with Crippen LogP contribution in [0.1, 0.15) is 29.3 Å². The molecule has 0 heterocycles. The smallest absolute Gasteiger partial charge is 0.162 e. The molecule has 2 heteroatoms. The van der Waals surface area contributed by atoms with Gasteiger partial charge >= 0.3 is 0 Å². The Morgan fingerprint density at radius 2 is 1.42 bits per heavy atom. The zero-order valence-corrected chi connectivity index (χ0v) is 11.7. The number of Topliss-reactive ketones (excluding diaryl/α,β-unsaturated/α-hetero) is 1. The summed E-state index contributed by atoms with van der Waals surface area (Å²) in [5.41, 5.74) is 4.25. The van der Waals surface area contributed by atoms with Gasteiger partial charge in [0.2, 0.25) is 0 Å². The average molecular weight is 253 g/mol. The van der Waals surface area contributed by atoms with Crippen molar-refractivity contribution in [3.63, 3.8) is 0 Å². The molecule has 0 saturated carbocycles. The lowest BCUT2D eigenvalue weighted by atomic mass is 10.1. The highest BCUT2D eigenvalue weighted by Gasteiger charge is 2.06. The number of hydrogen-bond donors (Lipinski definition) is 0. The topological polar surface area (TPSA) is 20.3 Å². The fraction of sp³-hybridized carbons (Fsp3) is 0.235. The van der Waals surface area contributed by atoms with Crippen LogP contribution in [0.3, 0.4) is 0 Å². The van der Waals surface area contributed by atoms with Crippen molar-refractivity contribution in [2.24, 2.45) is 0 Å². The summed E-state index contributed by atoms with van der Waals surface area (Å²) in [6.45, 7) is 3.96. The predicted octanol–water partition coefficient (Wildman–Crippen LogP) is 4.36. The number of carbonyl (C=O) groups is 1. The second-order valence-electron chi connectivity index (χ2n) is 4.72. The van der Waals surface area contributed by atoms with Gasteiger partial charge in [0.1, 0.15) is 0 Å². The Morgan fingerprint density at radius 3 is 1.89 bits per heavy atom. The summed E-state index contributed by atoms with van der Waals surface area (Å²) < 4.78 is 0. The molecule has 0 bridgehead atoms. The summed E-state index contributed by atoms with van der Waals surface area (Å²) in [6.07, 6.45) is 0.549. The molecule has 0 spiro atoms. The van der Waals surface area contributed by atoms with Gasteiger partial charge in [-0.25, -0.2) is 0 Å². The number of rotatable bonds is 4. The summed E-state index contributed by atoms with van der Waals surface area (Å²) in [6, 6.07) is 16.2. The SMILES string of the molecule is CCC(=O)c1ccc(N(C)c2ccc(C)cc2)cc1. The highest BCUT2D eigenvalue weighted by Crippen LogP contribution is 2.24. The molecule has 0 radical (unpaired) electrons. The van der Waals surface area contributed by atoms with Crippen molar-refractivity contribution in [3.8, 4) is 0 Å². The number of ketones is 1. The van der Waals surface area contributed by atoms with Crippen LogP contribution in [0, 0.1) is 6.92 Å². The summed E-state index contributed by atoms with van der Waals surface area (Å²) in [5, 5.41) is 0. The lowest BCUT2D eigenvalue weighted by Gasteiger charge is -2.19. The molecule has 0 fully saturated rings. The molecule has 0 aliphatic rings. The van der Waals surface area contributed by atoms with E-state index < -0.39 is 0 Å². The zero-order valence-electron chi connectivity index (χ0n) is 11.7. The molecule has 2 nitrogen and oxygen atoms in total.